The van der Waals surface area contributed by atoms with E-state index < -0.39 is 0 Å². The molecule has 86 valence electrons. The minimum atomic E-state index is -0.224. The van der Waals surface area contributed by atoms with Crippen molar-refractivity contribution in [3.63, 3.8) is 0 Å². The number of amides is 1. The summed E-state index contributed by atoms with van der Waals surface area (Å²) in [6.07, 6.45) is 2.80. The van der Waals surface area contributed by atoms with Crippen molar-refractivity contribution in [1.82, 2.24) is 10.3 Å². The first-order chi connectivity index (χ1) is 7.71. The van der Waals surface area contributed by atoms with Gasteiger partial charge in [-0.05, 0) is 18.9 Å². The summed E-state index contributed by atoms with van der Waals surface area (Å²) < 4.78 is 0. The standard InChI is InChI=1S/C11H15N3O2/c1-2-9(3-4-15)14-11(16)8-5-10(6-12)13-7-8/h5,7,9,13,15H,2-4H2,1H3,(H,14,16). The van der Waals surface area contributed by atoms with E-state index in [-0.39, 0.29) is 18.6 Å². The van der Waals surface area contributed by atoms with Crippen LogP contribution in [0.1, 0.15) is 35.8 Å². The van der Waals surface area contributed by atoms with Crippen LogP contribution in [0.25, 0.3) is 0 Å². The Morgan fingerprint density at radius 1 is 1.75 bits per heavy atom. The second kappa shape index (κ2) is 5.93. The molecule has 1 aromatic rings. The number of aliphatic hydroxyl groups excluding tert-OH is 1. The summed E-state index contributed by atoms with van der Waals surface area (Å²) in [6.45, 7) is 1.99. The number of H-pyrrole nitrogens is 1. The number of nitrogens with one attached hydrogen (secondary N) is 2. The Balaban J connectivity index is 2.61. The molecule has 1 aromatic heterocycles. The summed E-state index contributed by atoms with van der Waals surface area (Å²) in [7, 11) is 0. The van der Waals surface area contributed by atoms with Crippen LogP contribution >= 0.6 is 0 Å². The number of carbonyl (C=O) groups is 1. The third kappa shape index (κ3) is 3.11. The lowest BCUT2D eigenvalue weighted by Gasteiger charge is -2.14. The van der Waals surface area contributed by atoms with Gasteiger partial charge in [-0.1, -0.05) is 6.92 Å². The van der Waals surface area contributed by atoms with Crippen LogP contribution in [0.5, 0.6) is 0 Å². The lowest BCUT2D eigenvalue weighted by molar-refractivity contribution is 0.0929. The van der Waals surface area contributed by atoms with Gasteiger partial charge in [0.2, 0.25) is 0 Å². The molecule has 0 aromatic carbocycles. The van der Waals surface area contributed by atoms with Crippen molar-refractivity contribution in [2.75, 3.05) is 6.61 Å². The number of nitrogens with zero attached hydrogens (tertiary/aromatic N) is 1. The van der Waals surface area contributed by atoms with Gasteiger partial charge in [-0.3, -0.25) is 4.79 Å². The second-order valence-electron chi connectivity index (χ2n) is 3.50. The number of hydrogen-bond donors (Lipinski definition) is 3. The molecule has 0 saturated heterocycles. The zero-order valence-electron chi connectivity index (χ0n) is 9.16. The fourth-order valence-electron chi connectivity index (χ4n) is 1.39. The van der Waals surface area contributed by atoms with E-state index in [1.165, 1.54) is 12.3 Å². The summed E-state index contributed by atoms with van der Waals surface area (Å²) >= 11 is 0. The third-order valence-electron chi connectivity index (χ3n) is 2.37. The highest BCUT2D eigenvalue weighted by Gasteiger charge is 2.12. The number of aliphatic hydroxyl groups is 1. The molecule has 1 atom stereocenters. The van der Waals surface area contributed by atoms with Crippen LogP contribution in [0.4, 0.5) is 0 Å². The van der Waals surface area contributed by atoms with E-state index in [1.54, 1.807) is 0 Å². The predicted molar refractivity (Wildman–Crippen MR) is 58.8 cm³/mol. The van der Waals surface area contributed by atoms with Gasteiger partial charge in [-0.2, -0.15) is 5.26 Å². The third-order valence-corrected chi connectivity index (χ3v) is 2.37. The zero-order chi connectivity index (χ0) is 12.0. The maximum absolute atomic E-state index is 11.7. The average Bonchev–Trinajstić information content (AvgIpc) is 2.76. The topological polar surface area (TPSA) is 88.9 Å². The van der Waals surface area contributed by atoms with Gasteiger partial charge in [0.1, 0.15) is 11.8 Å². The van der Waals surface area contributed by atoms with Gasteiger partial charge < -0.3 is 15.4 Å². The minimum absolute atomic E-state index is 0.0297. The number of hydrogen-bond acceptors (Lipinski definition) is 3. The van der Waals surface area contributed by atoms with Crippen LogP contribution < -0.4 is 5.32 Å². The van der Waals surface area contributed by atoms with E-state index in [1.807, 2.05) is 13.0 Å². The summed E-state index contributed by atoms with van der Waals surface area (Å²) in [6, 6.07) is 3.39. The van der Waals surface area contributed by atoms with Crippen LogP contribution in [0, 0.1) is 11.3 Å². The first kappa shape index (κ1) is 12.3. The van der Waals surface area contributed by atoms with Gasteiger partial charge in [0, 0.05) is 18.8 Å². The van der Waals surface area contributed by atoms with Crippen LogP contribution in [-0.2, 0) is 0 Å². The quantitative estimate of drug-likeness (QED) is 0.686. The van der Waals surface area contributed by atoms with Crippen LogP contribution in [0.2, 0.25) is 0 Å². The van der Waals surface area contributed by atoms with Crippen molar-refractivity contribution < 1.29 is 9.90 Å². The molecule has 5 heteroatoms. The molecule has 0 aliphatic rings. The van der Waals surface area contributed by atoms with E-state index in [0.717, 1.165) is 6.42 Å². The molecule has 0 aliphatic heterocycles. The molecule has 0 spiro atoms. The highest BCUT2D eigenvalue weighted by molar-refractivity contribution is 5.94. The molecule has 16 heavy (non-hydrogen) atoms. The Bertz CT molecular complexity index is 392. The van der Waals surface area contributed by atoms with Crippen molar-refractivity contribution in [3.05, 3.63) is 23.5 Å². The van der Waals surface area contributed by atoms with Gasteiger partial charge in [0.05, 0.1) is 5.56 Å². The first-order valence-electron chi connectivity index (χ1n) is 5.21. The zero-order valence-corrected chi connectivity index (χ0v) is 9.16. The minimum Gasteiger partial charge on any atom is -0.396 e. The lowest BCUT2D eigenvalue weighted by Crippen LogP contribution is -2.34. The maximum atomic E-state index is 11.7. The van der Waals surface area contributed by atoms with Crippen LogP contribution in [0.15, 0.2) is 12.3 Å². The van der Waals surface area contributed by atoms with Crippen molar-refractivity contribution in [2.45, 2.75) is 25.8 Å². The van der Waals surface area contributed by atoms with Gasteiger partial charge >= 0.3 is 0 Å². The monoisotopic (exact) mass is 221 g/mol. The molecule has 3 N–H and O–H groups in total. The molecule has 0 aliphatic carbocycles. The fraction of sp³-hybridized carbons (Fsp3) is 0.455. The smallest absolute Gasteiger partial charge is 0.253 e. The Hall–Kier alpha value is -1.80. The Labute approximate surface area is 94.1 Å². The van der Waals surface area contributed by atoms with E-state index in [4.69, 9.17) is 10.4 Å². The Morgan fingerprint density at radius 2 is 2.50 bits per heavy atom. The summed E-state index contributed by atoms with van der Waals surface area (Å²) in [5, 5.41) is 20.2. The van der Waals surface area contributed by atoms with E-state index >= 15 is 0 Å². The number of aromatic amines is 1. The highest BCUT2D eigenvalue weighted by atomic mass is 16.3. The SMILES string of the molecule is CCC(CCO)NC(=O)c1c[nH]c(C#N)c1. The van der Waals surface area contributed by atoms with Crippen LogP contribution in [-0.4, -0.2) is 28.6 Å². The Morgan fingerprint density at radius 3 is 3.00 bits per heavy atom. The molecule has 5 nitrogen and oxygen atoms in total. The fourth-order valence-corrected chi connectivity index (χ4v) is 1.39. The highest BCUT2D eigenvalue weighted by Crippen LogP contribution is 2.04. The van der Waals surface area contributed by atoms with Crippen molar-refractivity contribution in [1.29, 1.82) is 5.26 Å². The largest absolute Gasteiger partial charge is 0.396 e. The molecule has 1 unspecified atom stereocenters. The normalized spacial score (nSPS) is 11.8. The van der Waals surface area contributed by atoms with E-state index in [9.17, 15) is 4.79 Å². The summed E-state index contributed by atoms with van der Waals surface area (Å²) in [4.78, 5) is 14.4. The molecule has 0 saturated carbocycles. The molecule has 1 amide bonds. The molecule has 0 fully saturated rings. The number of aromatic nitrogens is 1. The Kier molecular flexibility index (Phi) is 4.55. The van der Waals surface area contributed by atoms with Gasteiger partial charge in [-0.25, -0.2) is 0 Å². The molecule has 1 heterocycles. The molecule has 0 bridgehead atoms. The van der Waals surface area contributed by atoms with Crippen LogP contribution in [0.3, 0.4) is 0 Å². The second-order valence-corrected chi connectivity index (χ2v) is 3.50. The number of carbonyl (C=O) groups excluding carboxylic acids is 1. The first-order valence-corrected chi connectivity index (χ1v) is 5.21. The van der Waals surface area contributed by atoms with Crippen molar-refractivity contribution in [2.24, 2.45) is 0 Å². The van der Waals surface area contributed by atoms with Gasteiger partial charge in [0.25, 0.3) is 5.91 Å². The van der Waals surface area contributed by atoms with Gasteiger partial charge in [0.15, 0.2) is 0 Å². The lowest BCUT2D eigenvalue weighted by atomic mass is 10.1. The molecular formula is C11H15N3O2. The summed E-state index contributed by atoms with van der Waals surface area (Å²) in [5.74, 6) is -0.224. The maximum Gasteiger partial charge on any atom is 0.253 e. The summed E-state index contributed by atoms with van der Waals surface area (Å²) in [5.41, 5.74) is 0.799. The molecule has 1 rings (SSSR count). The predicted octanol–water partition coefficient (Wildman–Crippen LogP) is 0.777. The van der Waals surface area contributed by atoms with Gasteiger partial charge in [-0.15, -0.1) is 0 Å². The average molecular weight is 221 g/mol. The number of nitriles is 1. The van der Waals surface area contributed by atoms with E-state index in [2.05, 4.69) is 10.3 Å². The number of rotatable bonds is 5. The molecule has 0 radical (unpaired) electrons. The van der Waals surface area contributed by atoms with Crippen molar-refractivity contribution >= 4 is 5.91 Å². The van der Waals surface area contributed by atoms with Crippen molar-refractivity contribution in [3.8, 4) is 6.07 Å². The molecular weight excluding hydrogens is 206 g/mol. The van der Waals surface area contributed by atoms with E-state index in [0.29, 0.717) is 17.7 Å².